The molecule has 3 aromatic rings. The van der Waals surface area contributed by atoms with E-state index >= 15 is 0 Å². The summed E-state index contributed by atoms with van der Waals surface area (Å²) in [6, 6.07) is 11.3. The Morgan fingerprint density at radius 1 is 1.06 bits per heavy atom. The minimum atomic E-state index is -0.00420. The smallest absolute Gasteiger partial charge is 0.233 e. The number of carbonyl (C=O) groups is 1. The van der Waals surface area contributed by atoms with Crippen molar-refractivity contribution < 1.29 is 14.3 Å². The van der Waals surface area contributed by atoms with Gasteiger partial charge in [-0.3, -0.25) is 9.69 Å². The maximum atomic E-state index is 13.4. The van der Waals surface area contributed by atoms with E-state index in [1.54, 1.807) is 24.1 Å². The number of rotatable bonds is 11. The Balaban J connectivity index is 0.00000385. The van der Waals surface area contributed by atoms with Crippen molar-refractivity contribution in [2.24, 2.45) is 0 Å². The van der Waals surface area contributed by atoms with E-state index in [4.69, 9.17) is 26.1 Å². The number of nitrogens with zero attached hydrogens (tertiary/aromatic N) is 3. The fraction of sp³-hybridized carbons (Fsp3) is 0.417. The van der Waals surface area contributed by atoms with Crippen LogP contribution in [0.2, 0.25) is 5.02 Å². The fourth-order valence-corrected chi connectivity index (χ4v) is 4.77. The highest BCUT2D eigenvalue weighted by Gasteiger charge is 2.22. The number of likely N-dealkylation sites (N-methyl/N-ethyl adjacent to an activating group) is 1. The summed E-state index contributed by atoms with van der Waals surface area (Å²) in [6.07, 6.45) is 0.283. The molecule has 1 amide bonds. The molecule has 180 valence electrons. The molecule has 0 spiro atoms. The second-order valence-corrected chi connectivity index (χ2v) is 8.63. The van der Waals surface area contributed by atoms with Crippen LogP contribution in [-0.4, -0.2) is 55.7 Å². The minimum absolute atomic E-state index is 0. The first-order chi connectivity index (χ1) is 15.5. The Bertz CT molecular complexity index is 1040. The maximum Gasteiger partial charge on any atom is 0.233 e. The molecule has 0 aliphatic heterocycles. The highest BCUT2D eigenvalue weighted by molar-refractivity contribution is 7.23. The molecule has 0 unspecified atom stereocenters. The van der Waals surface area contributed by atoms with Crippen LogP contribution in [0.4, 0.5) is 5.13 Å². The quantitative estimate of drug-likeness (QED) is 0.330. The molecular weight excluding hydrogens is 481 g/mol. The summed E-state index contributed by atoms with van der Waals surface area (Å²) in [7, 11) is 1.61. The van der Waals surface area contributed by atoms with Gasteiger partial charge in [0.05, 0.1) is 29.9 Å². The molecule has 33 heavy (non-hydrogen) atoms. The average molecular weight is 513 g/mol. The number of thiazole rings is 1. The standard InChI is InChI=1S/C24H30ClN3O3S.ClH/c1-5-27(6-2)14-15-28(21(29)16-17-8-10-18(11-9-17)31-7-3)24-26-22-20(30-4)13-12-19(25)23(22)32-24;/h8-13H,5-7,14-16H2,1-4H3;1H. The van der Waals surface area contributed by atoms with Crippen LogP contribution < -0.4 is 14.4 Å². The number of halogens is 2. The van der Waals surface area contributed by atoms with Gasteiger partial charge in [0.2, 0.25) is 5.91 Å². The molecule has 3 rings (SSSR count). The van der Waals surface area contributed by atoms with E-state index in [-0.39, 0.29) is 24.7 Å². The number of aromatic nitrogens is 1. The molecule has 0 saturated carbocycles. The molecule has 0 N–H and O–H groups in total. The predicted octanol–water partition coefficient (Wildman–Crippen LogP) is 5.70. The molecule has 2 aromatic carbocycles. The Morgan fingerprint density at radius 2 is 1.76 bits per heavy atom. The minimum Gasteiger partial charge on any atom is -0.494 e. The van der Waals surface area contributed by atoms with Crippen molar-refractivity contribution in [2.75, 3.05) is 44.8 Å². The number of amides is 1. The molecular formula is C24H31Cl2N3O3S. The van der Waals surface area contributed by atoms with Crippen molar-refractivity contribution in [1.29, 1.82) is 0 Å². The number of anilines is 1. The van der Waals surface area contributed by atoms with Gasteiger partial charge in [0.15, 0.2) is 5.13 Å². The lowest BCUT2D eigenvalue weighted by Gasteiger charge is -2.24. The van der Waals surface area contributed by atoms with Gasteiger partial charge in [-0.2, -0.15) is 0 Å². The van der Waals surface area contributed by atoms with Crippen LogP contribution in [0, 0.1) is 0 Å². The molecule has 6 nitrogen and oxygen atoms in total. The zero-order chi connectivity index (χ0) is 23.1. The monoisotopic (exact) mass is 511 g/mol. The Morgan fingerprint density at radius 3 is 2.36 bits per heavy atom. The Labute approximate surface area is 210 Å². The van der Waals surface area contributed by atoms with Crippen LogP contribution in [0.1, 0.15) is 26.3 Å². The molecule has 0 saturated heterocycles. The number of benzene rings is 2. The first-order valence-electron chi connectivity index (χ1n) is 10.9. The molecule has 0 radical (unpaired) electrons. The van der Waals surface area contributed by atoms with E-state index < -0.39 is 0 Å². The van der Waals surface area contributed by atoms with Crippen molar-refractivity contribution in [3.05, 3.63) is 47.0 Å². The van der Waals surface area contributed by atoms with Crippen LogP contribution in [0.5, 0.6) is 11.5 Å². The Kier molecular flexibility index (Phi) is 10.7. The summed E-state index contributed by atoms with van der Waals surface area (Å²) in [5, 5.41) is 1.24. The molecule has 1 aromatic heterocycles. The largest absolute Gasteiger partial charge is 0.494 e. The van der Waals surface area contributed by atoms with E-state index in [0.29, 0.717) is 34.6 Å². The molecule has 0 bridgehead atoms. The number of methoxy groups -OCH3 is 1. The SMILES string of the molecule is CCOc1ccc(CC(=O)N(CCN(CC)CC)c2nc3c(OC)ccc(Cl)c3s2)cc1.Cl. The third kappa shape index (κ3) is 6.73. The third-order valence-corrected chi connectivity index (χ3v) is 6.86. The topological polar surface area (TPSA) is 54.9 Å². The Hall–Kier alpha value is -2.06. The highest BCUT2D eigenvalue weighted by atomic mass is 35.5. The lowest BCUT2D eigenvalue weighted by atomic mass is 10.1. The summed E-state index contributed by atoms with van der Waals surface area (Å²) < 4.78 is 11.8. The second kappa shape index (κ2) is 13.0. The second-order valence-electron chi connectivity index (χ2n) is 7.25. The van der Waals surface area contributed by atoms with E-state index in [2.05, 4.69) is 18.7 Å². The van der Waals surface area contributed by atoms with Crippen LogP contribution >= 0.6 is 35.3 Å². The first-order valence-corrected chi connectivity index (χ1v) is 12.1. The molecule has 0 atom stereocenters. The van der Waals surface area contributed by atoms with Gasteiger partial charge in [-0.05, 0) is 49.8 Å². The molecule has 0 aliphatic rings. The lowest BCUT2D eigenvalue weighted by molar-refractivity contribution is -0.118. The van der Waals surface area contributed by atoms with Crippen molar-refractivity contribution >= 4 is 56.6 Å². The highest BCUT2D eigenvalue weighted by Crippen LogP contribution is 2.38. The predicted molar refractivity (Wildman–Crippen MR) is 140 cm³/mol. The molecule has 0 fully saturated rings. The van der Waals surface area contributed by atoms with Gasteiger partial charge in [0, 0.05) is 13.1 Å². The summed E-state index contributed by atoms with van der Waals surface area (Å²) in [5.41, 5.74) is 1.62. The first kappa shape index (κ1) is 27.2. The summed E-state index contributed by atoms with van der Waals surface area (Å²) in [4.78, 5) is 22.2. The number of hydrogen-bond donors (Lipinski definition) is 0. The molecule has 0 aliphatic carbocycles. The lowest BCUT2D eigenvalue weighted by Crippen LogP contribution is -2.39. The van der Waals surface area contributed by atoms with Gasteiger partial charge in [-0.25, -0.2) is 4.98 Å². The van der Waals surface area contributed by atoms with E-state index in [1.807, 2.05) is 31.2 Å². The van der Waals surface area contributed by atoms with Gasteiger partial charge < -0.3 is 14.4 Å². The van der Waals surface area contributed by atoms with Crippen LogP contribution in [-0.2, 0) is 11.2 Å². The van der Waals surface area contributed by atoms with Crippen LogP contribution in [0.3, 0.4) is 0 Å². The fourth-order valence-electron chi connectivity index (χ4n) is 3.47. The van der Waals surface area contributed by atoms with Crippen LogP contribution in [0.15, 0.2) is 36.4 Å². The number of carbonyl (C=O) groups excluding carboxylic acids is 1. The zero-order valence-corrected chi connectivity index (χ0v) is 21.9. The van der Waals surface area contributed by atoms with E-state index in [0.717, 1.165) is 35.6 Å². The van der Waals surface area contributed by atoms with Crippen molar-refractivity contribution in [3.8, 4) is 11.5 Å². The summed E-state index contributed by atoms with van der Waals surface area (Å²) in [6.45, 7) is 9.98. The number of hydrogen-bond acceptors (Lipinski definition) is 6. The zero-order valence-electron chi connectivity index (χ0n) is 19.5. The van der Waals surface area contributed by atoms with E-state index in [1.165, 1.54) is 11.3 Å². The van der Waals surface area contributed by atoms with Crippen molar-refractivity contribution in [2.45, 2.75) is 27.2 Å². The van der Waals surface area contributed by atoms with Crippen LogP contribution in [0.25, 0.3) is 10.2 Å². The third-order valence-electron chi connectivity index (χ3n) is 5.32. The van der Waals surface area contributed by atoms with Gasteiger partial charge >= 0.3 is 0 Å². The summed E-state index contributed by atoms with van der Waals surface area (Å²) in [5.74, 6) is 1.44. The maximum absolute atomic E-state index is 13.4. The van der Waals surface area contributed by atoms with E-state index in [9.17, 15) is 4.79 Å². The number of ether oxygens (including phenoxy) is 2. The average Bonchev–Trinajstić information content (AvgIpc) is 3.24. The van der Waals surface area contributed by atoms with Crippen molar-refractivity contribution in [1.82, 2.24) is 9.88 Å². The van der Waals surface area contributed by atoms with Crippen molar-refractivity contribution in [3.63, 3.8) is 0 Å². The molecule has 1 heterocycles. The van der Waals surface area contributed by atoms with Gasteiger partial charge in [-0.15, -0.1) is 12.4 Å². The van der Waals surface area contributed by atoms with Gasteiger partial charge in [0.1, 0.15) is 17.0 Å². The van der Waals surface area contributed by atoms with Gasteiger partial charge in [0.25, 0.3) is 0 Å². The summed E-state index contributed by atoms with van der Waals surface area (Å²) >= 11 is 7.84. The normalized spacial score (nSPS) is 10.8. The molecule has 9 heteroatoms. The number of fused-ring (bicyclic) bond motifs is 1. The van der Waals surface area contributed by atoms with Gasteiger partial charge in [-0.1, -0.05) is 48.9 Å².